The molecule has 12 nitrogen and oxygen atoms in total. The van der Waals surface area contributed by atoms with Gasteiger partial charge >= 0.3 is 5.97 Å². The number of carbonyl (C=O) groups is 2. The van der Waals surface area contributed by atoms with Crippen LogP contribution in [0.5, 0.6) is 0 Å². The van der Waals surface area contributed by atoms with Crippen LogP contribution in [0.25, 0.3) is 11.2 Å². The van der Waals surface area contributed by atoms with Crippen LogP contribution in [0.15, 0.2) is 43.0 Å². The minimum atomic E-state index is -2.92. The molecule has 0 spiro atoms. The first kappa shape index (κ1) is 27.1. The Labute approximate surface area is 222 Å². The van der Waals surface area contributed by atoms with Gasteiger partial charge in [-0.05, 0) is 23.9 Å². The topological polar surface area (TPSA) is 150 Å². The average molecular weight is 563 g/mol. The smallest absolute Gasteiger partial charge is 0.302 e. The predicted molar refractivity (Wildman–Crippen MR) is 139 cm³/mol. The number of fused-ring (bicyclic) bond motifs is 1. The van der Waals surface area contributed by atoms with Gasteiger partial charge in [0, 0.05) is 18.9 Å². The Kier molecular flexibility index (Phi) is 8.86. The third-order valence-electron chi connectivity index (χ3n) is 5.31. The summed E-state index contributed by atoms with van der Waals surface area (Å²) >= 11 is 9.53. The summed E-state index contributed by atoms with van der Waals surface area (Å²) in [6, 6.07) is 10.7. The normalized spacial score (nSPS) is 20.7. The molecule has 1 aliphatic rings. The number of nitrogens with one attached hydrogen (secondary N) is 1. The first-order valence-corrected chi connectivity index (χ1v) is 14.9. The molecule has 1 unspecified atom stereocenters. The minimum absolute atomic E-state index is 0.0399. The van der Waals surface area contributed by atoms with Gasteiger partial charge < -0.3 is 23.8 Å². The van der Waals surface area contributed by atoms with Crippen LogP contribution < -0.4 is 5.32 Å². The number of anilines is 1. The zero-order valence-corrected chi connectivity index (χ0v) is 22.2. The molecule has 0 radical (unpaired) electrons. The number of esters is 1. The molecule has 15 heteroatoms. The Morgan fingerprint density at radius 3 is 2.81 bits per heavy atom. The Morgan fingerprint density at radius 1 is 1.30 bits per heavy atom. The van der Waals surface area contributed by atoms with E-state index in [4.69, 9.17) is 35.6 Å². The number of nitrogens with zero attached hydrogens (tertiary/aromatic N) is 5. The summed E-state index contributed by atoms with van der Waals surface area (Å²) in [5.41, 5.74) is -1.66. The highest BCUT2D eigenvalue weighted by Gasteiger charge is 2.40. The number of aromatic nitrogens is 4. The van der Waals surface area contributed by atoms with Crippen LogP contribution in [0.2, 0.25) is 0 Å². The van der Waals surface area contributed by atoms with Crippen molar-refractivity contribution in [2.75, 3.05) is 18.5 Å². The van der Waals surface area contributed by atoms with Crippen molar-refractivity contribution in [2.24, 2.45) is 0 Å². The molecule has 1 aromatic carbocycles. The third kappa shape index (κ3) is 6.89. The van der Waals surface area contributed by atoms with Gasteiger partial charge in [-0.2, -0.15) is 5.26 Å². The summed E-state index contributed by atoms with van der Waals surface area (Å²) in [5, 5.41) is 11.4. The average Bonchev–Trinajstić information content (AvgIpc) is 3.47. The molecule has 1 aliphatic heterocycles. The van der Waals surface area contributed by atoms with Gasteiger partial charge in [0.2, 0.25) is 5.69 Å². The van der Waals surface area contributed by atoms with Crippen LogP contribution in [-0.2, 0) is 35.1 Å². The van der Waals surface area contributed by atoms with Crippen molar-refractivity contribution >= 4 is 58.6 Å². The van der Waals surface area contributed by atoms with E-state index in [-0.39, 0.29) is 31.4 Å². The summed E-state index contributed by atoms with van der Waals surface area (Å²) in [6.07, 6.45) is 1.37. The van der Waals surface area contributed by atoms with E-state index in [1.807, 2.05) is 12.1 Å². The fourth-order valence-corrected chi connectivity index (χ4v) is 5.28. The Bertz CT molecular complexity index is 1370. The van der Waals surface area contributed by atoms with Gasteiger partial charge in [0.15, 0.2) is 17.0 Å². The number of amides is 1. The number of rotatable bonds is 10. The highest BCUT2D eigenvalue weighted by atomic mass is 32.9. The van der Waals surface area contributed by atoms with Crippen molar-refractivity contribution in [1.82, 2.24) is 19.5 Å². The molecule has 0 saturated carbocycles. The zero-order chi connectivity index (χ0) is 26.4. The first-order valence-electron chi connectivity index (χ1n) is 11.1. The van der Waals surface area contributed by atoms with E-state index in [9.17, 15) is 9.59 Å². The van der Waals surface area contributed by atoms with Gasteiger partial charge in [-0.15, -0.1) is 0 Å². The second kappa shape index (κ2) is 12.1. The lowest BCUT2D eigenvalue weighted by atomic mass is 10.2. The second-order valence-corrected chi connectivity index (χ2v) is 13.2. The number of hydrogen-bond acceptors (Lipinski definition) is 11. The van der Waals surface area contributed by atoms with Crippen molar-refractivity contribution in [3.05, 3.63) is 48.5 Å². The maximum Gasteiger partial charge on any atom is 0.302 e. The van der Waals surface area contributed by atoms with E-state index in [1.54, 1.807) is 28.8 Å². The summed E-state index contributed by atoms with van der Waals surface area (Å²) in [4.78, 5) is 37.2. The standard InChI is InChI=1S/C22H23N6O6PS2/c1-14(29)33-16-10-18(34-17(16)11-32-35(36,37)31-9-5-8-23)28-13-26-19-20(24-12-25-21(19)28)27-22(30)15-6-3-2-4-7-15/h2-4,6-7,12-13,16-18H,5,9-11H2,1H3,(H,36,37)(H,24,25,27,30)/t16-,17+,18+/m0/s1. The fourth-order valence-electron chi connectivity index (χ4n) is 3.69. The molecular formula is C22H23N6O6PS2. The quantitative estimate of drug-likeness (QED) is 0.162. The number of hydrogen-bond donors (Lipinski definition) is 2. The van der Waals surface area contributed by atoms with E-state index in [0.717, 1.165) is 0 Å². The second-order valence-electron chi connectivity index (χ2n) is 7.88. The number of benzene rings is 1. The van der Waals surface area contributed by atoms with E-state index >= 15 is 0 Å². The van der Waals surface area contributed by atoms with Crippen molar-refractivity contribution in [2.45, 2.75) is 38.2 Å². The summed E-state index contributed by atoms with van der Waals surface area (Å²) in [7, 11) is 0. The largest absolute Gasteiger partial charge is 0.460 e. The number of thiol groups is 1. The molecule has 1 N–H and O–H groups in total. The van der Waals surface area contributed by atoms with E-state index < -0.39 is 30.1 Å². The number of ether oxygens (including phenoxy) is 2. The molecule has 3 aromatic rings. The third-order valence-corrected chi connectivity index (χ3v) is 7.61. The molecular weight excluding hydrogens is 539 g/mol. The summed E-state index contributed by atoms with van der Waals surface area (Å²) < 4.78 is 24.3. The highest BCUT2D eigenvalue weighted by molar-refractivity contribution is 8.60. The molecule has 1 saturated heterocycles. The van der Waals surface area contributed by atoms with Crippen LogP contribution in [0, 0.1) is 11.3 Å². The Balaban J connectivity index is 1.50. The number of nitriles is 1. The molecule has 194 valence electrons. The van der Waals surface area contributed by atoms with E-state index in [2.05, 4.69) is 32.5 Å². The van der Waals surface area contributed by atoms with Crippen molar-refractivity contribution in [3.8, 4) is 6.07 Å². The van der Waals surface area contributed by atoms with Crippen molar-refractivity contribution in [3.63, 3.8) is 0 Å². The van der Waals surface area contributed by atoms with Gasteiger partial charge in [0.1, 0.15) is 24.8 Å². The summed E-state index contributed by atoms with van der Waals surface area (Å²) in [5.74, 6) is -0.560. The highest BCUT2D eigenvalue weighted by Crippen LogP contribution is 2.54. The van der Waals surface area contributed by atoms with Crippen LogP contribution in [0.4, 0.5) is 5.82 Å². The lowest BCUT2D eigenvalue weighted by molar-refractivity contribution is -0.150. The predicted octanol–water partition coefficient (Wildman–Crippen LogP) is 3.40. The van der Waals surface area contributed by atoms with Gasteiger partial charge in [-0.25, -0.2) is 15.0 Å². The molecule has 0 bridgehead atoms. The molecule has 3 heterocycles. The van der Waals surface area contributed by atoms with Crippen molar-refractivity contribution in [1.29, 1.82) is 5.26 Å². The van der Waals surface area contributed by atoms with Gasteiger partial charge in [-0.1, -0.05) is 30.4 Å². The molecule has 37 heavy (non-hydrogen) atoms. The Hall–Kier alpha value is -2.92. The van der Waals surface area contributed by atoms with Gasteiger partial charge in [0.25, 0.3) is 5.91 Å². The molecule has 4 atom stereocenters. The van der Waals surface area contributed by atoms with Crippen LogP contribution in [0.3, 0.4) is 0 Å². The minimum Gasteiger partial charge on any atom is -0.460 e. The maximum atomic E-state index is 12.6. The SMILES string of the molecule is CC(=O)O[C@H]1C[C@H](n2cnc3c(NC(=O)c4ccccc4)ncnc32)O[C@@H]1COP(=S)(S)OCCC#N. The van der Waals surface area contributed by atoms with Crippen molar-refractivity contribution < 1.29 is 28.1 Å². The lowest BCUT2D eigenvalue weighted by Crippen LogP contribution is -2.30. The molecule has 0 aliphatic carbocycles. The van der Waals surface area contributed by atoms with Crippen LogP contribution in [0.1, 0.15) is 36.4 Å². The van der Waals surface area contributed by atoms with Gasteiger partial charge in [0.05, 0.1) is 32.0 Å². The monoisotopic (exact) mass is 562 g/mol. The molecule has 1 amide bonds. The van der Waals surface area contributed by atoms with Gasteiger partial charge in [-0.3, -0.25) is 14.2 Å². The maximum absolute atomic E-state index is 12.6. The van der Waals surface area contributed by atoms with Crippen LogP contribution >= 0.6 is 17.9 Å². The van der Waals surface area contributed by atoms with E-state index in [1.165, 1.54) is 19.6 Å². The first-order chi connectivity index (χ1) is 17.8. The molecule has 2 aromatic heterocycles. The zero-order valence-electron chi connectivity index (χ0n) is 19.6. The van der Waals surface area contributed by atoms with E-state index in [0.29, 0.717) is 23.1 Å². The lowest BCUT2D eigenvalue weighted by Gasteiger charge is -2.22. The van der Waals surface area contributed by atoms with Crippen LogP contribution in [-0.4, -0.2) is 56.8 Å². The number of carbonyl (C=O) groups excluding carboxylic acids is 2. The number of imidazole rings is 1. The summed E-state index contributed by atoms with van der Waals surface area (Å²) in [6.45, 7) is 1.37. The Morgan fingerprint density at radius 2 is 2.08 bits per heavy atom. The molecule has 4 rings (SSSR count). The molecule has 1 fully saturated rings. The fraction of sp³-hybridized carbons (Fsp3) is 0.364.